The topological polar surface area (TPSA) is 51.8 Å². The van der Waals surface area contributed by atoms with Crippen LogP contribution in [0.15, 0.2) is 75.0 Å². The summed E-state index contributed by atoms with van der Waals surface area (Å²) in [6.07, 6.45) is 1.62. The Morgan fingerprint density at radius 2 is 1.80 bits per heavy atom. The molecule has 0 spiro atoms. The number of benzene rings is 2. The number of oxime groups is 1. The van der Waals surface area contributed by atoms with E-state index >= 15 is 0 Å². The zero-order valence-corrected chi connectivity index (χ0v) is 10.5. The Morgan fingerprint density at radius 3 is 2.65 bits per heavy atom. The van der Waals surface area contributed by atoms with Gasteiger partial charge in [0, 0.05) is 17.5 Å². The lowest BCUT2D eigenvalue weighted by molar-refractivity contribution is 0.343. The van der Waals surface area contributed by atoms with Crippen molar-refractivity contribution in [3.05, 3.63) is 76.6 Å². The minimum Gasteiger partial charge on any atom is -0.423 e. The molecule has 0 radical (unpaired) electrons. The van der Waals surface area contributed by atoms with Crippen LogP contribution in [0.3, 0.4) is 0 Å². The van der Waals surface area contributed by atoms with Crippen LogP contribution < -0.4 is 10.5 Å². The number of hydrogen-bond donors (Lipinski definition) is 0. The van der Waals surface area contributed by atoms with Gasteiger partial charge in [0.05, 0.1) is 6.21 Å². The van der Waals surface area contributed by atoms with Gasteiger partial charge in [0.15, 0.2) is 5.75 Å². The van der Waals surface area contributed by atoms with Gasteiger partial charge < -0.3 is 9.25 Å². The van der Waals surface area contributed by atoms with Crippen LogP contribution in [0.4, 0.5) is 0 Å². The first-order valence-corrected chi connectivity index (χ1v) is 6.11. The molecule has 0 aliphatic heterocycles. The normalized spacial score (nSPS) is 11.0. The highest BCUT2D eigenvalue weighted by Crippen LogP contribution is 2.19. The lowest BCUT2D eigenvalue weighted by Gasteiger charge is -2.00. The standard InChI is InChI=1S/C16H11NO3/c18-16-9-7-13-6-8-14(10-15(13)19-16)20-17-11-12-4-2-1-3-5-12/h1-11H/b17-11+. The number of rotatable bonds is 3. The second-order valence-corrected chi connectivity index (χ2v) is 4.19. The van der Waals surface area contributed by atoms with Crippen LogP contribution in [-0.4, -0.2) is 6.21 Å². The number of fused-ring (bicyclic) bond motifs is 1. The van der Waals surface area contributed by atoms with Gasteiger partial charge in [-0.1, -0.05) is 35.5 Å². The molecular formula is C16H11NO3. The molecule has 3 aromatic rings. The van der Waals surface area contributed by atoms with Crippen molar-refractivity contribution < 1.29 is 9.25 Å². The minimum absolute atomic E-state index is 0.387. The third-order valence-corrected chi connectivity index (χ3v) is 2.75. The Morgan fingerprint density at radius 1 is 1.00 bits per heavy atom. The molecule has 0 bridgehead atoms. The van der Waals surface area contributed by atoms with Gasteiger partial charge in [0.25, 0.3) is 0 Å². The first-order valence-electron chi connectivity index (χ1n) is 6.11. The molecule has 98 valence electrons. The third-order valence-electron chi connectivity index (χ3n) is 2.75. The average molecular weight is 265 g/mol. The predicted octanol–water partition coefficient (Wildman–Crippen LogP) is 3.21. The van der Waals surface area contributed by atoms with Crippen LogP contribution in [0.5, 0.6) is 5.75 Å². The largest absolute Gasteiger partial charge is 0.423 e. The summed E-state index contributed by atoms with van der Waals surface area (Å²) in [7, 11) is 0. The van der Waals surface area contributed by atoms with Crippen molar-refractivity contribution in [2.45, 2.75) is 0 Å². The van der Waals surface area contributed by atoms with E-state index in [1.165, 1.54) is 6.07 Å². The molecule has 1 heterocycles. The van der Waals surface area contributed by atoms with E-state index in [0.717, 1.165) is 10.9 Å². The lowest BCUT2D eigenvalue weighted by atomic mass is 10.2. The molecule has 2 aromatic carbocycles. The Bertz CT molecular complexity index is 807. The smallest absolute Gasteiger partial charge is 0.336 e. The SMILES string of the molecule is O=c1ccc2ccc(O/N=C/c3ccccc3)cc2o1. The molecule has 0 saturated heterocycles. The second-order valence-electron chi connectivity index (χ2n) is 4.19. The summed E-state index contributed by atoms with van der Waals surface area (Å²) in [5.74, 6) is 0.513. The summed E-state index contributed by atoms with van der Waals surface area (Å²) in [6.45, 7) is 0. The van der Waals surface area contributed by atoms with E-state index in [2.05, 4.69) is 5.16 Å². The molecular weight excluding hydrogens is 254 g/mol. The molecule has 0 saturated carbocycles. The van der Waals surface area contributed by atoms with Crippen molar-refractivity contribution >= 4 is 17.2 Å². The van der Waals surface area contributed by atoms with Crippen LogP contribution in [0.2, 0.25) is 0 Å². The molecule has 3 rings (SSSR count). The van der Waals surface area contributed by atoms with Crippen molar-refractivity contribution in [1.82, 2.24) is 0 Å². The van der Waals surface area contributed by atoms with E-state index < -0.39 is 0 Å². The molecule has 0 N–H and O–H groups in total. The summed E-state index contributed by atoms with van der Waals surface area (Å²) in [5, 5.41) is 4.73. The maximum Gasteiger partial charge on any atom is 0.336 e. The highest BCUT2D eigenvalue weighted by atomic mass is 16.6. The summed E-state index contributed by atoms with van der Waals surface area (Å²) in [6, 6.07) is 17.9. The fourth-order valence-electron chi connectivity index (χ4n) is 1.78. The molecule has 20 heavy (non-hydrogen) atoms. The van der Waals surface area contributed by atoms with E-state index in [0.29, 0.717) is 11.3 Å². The highest BCUT2D eigenvalue weighted by molar-refractivity contribution is 5.79. The van der Waals surface area contributed by atoms with Crippen molar-refractivity contribution in [1.29, 1.82) is 0 Å². The van der Waals surface area contributed by atoms with Crippen LogP contribution >= 0.6 is 0 Å². The molecule has 4 nitrogen and oxygen atoms in total. The monoisotopic (exact) mass is 265 g/mol. The fourth-order valence-corrected chi connectivity index (χ4v) is 1.78. The fraction of sp³-hybridized carbons (Fsp3) is 0. The molecule has 0 atom stereocenters. The highest BCUT2D eigenvalue weighted by Gasteiger charge is 2.00. The molecule has 0 aliphatic carbocycles. The number of hydrogen-bond acceptors (Lipinski definition) is 4. The van der Waals surface area contributed by atoms with Gasteiger partial charge in [-0.15, -0.1) is 0 Å². The van der Waals surface area contributed by atoms with E-state index in [4.69, 9.17) is 9.25 Å². The molecule has 0 amide bonds. The van der Waals surface area contributed by atoms with Crippen molar-refractivity contribution in [2.24, 2.45) is 5.16 Å². The summed E-state index contributed by atoms with van der Waals surface area (Å²) in [4.78, 5) is 16.4. The predicted molar refractivity (Wildman–Crippen MR) is 77.1 cm³/mol. The van der Waals surface area contributed by atoms with Gasteiger partial charge in [0.1, 0.15) is 5.58 Å². The van der Waals surface area contributed by atoms with Gasteiger partial charge in [-0.2, -0.15) is 0 Å². The first kappa shape index (κ1) is 12.2. The van der Waals surface area contributed by atoms with Crippen LogP contribution in [0, 0.1) is 0 Å². The molecule has 0 fully saturated rings. The molecule has 4 heteroatoms. The second kappa shape index (κ2) is 5.40. The Kier molecular flexibility index (Phi) is 3.29. The van der Waals surface area contributed by atoms with E-state index in [9.17, 15) is 4.79 Å². The number of nitrogens with zero attached hydrogens (tertiary/aromatic N) is 1. The van der Waals surface area contributed by atoms with Crippen LogP contribution in [0.1, 0.15) is 5.56 Å². The van der Waals surface area contributed by atoms with E-state index in [-0.39, 0.29) is 5.63 Å². The van der Waals surface area contributed by atoms with Gasteiger partial charge in [-0.25, -0.2) is 4.79 Å². The summed E-state index contributed by atoms with van der Waals surface area (Å²) >= 11 is 0. The van der Waals surface area contributed by atoms with Crippen molar-refractivity contribution in [3.8, 4) is 5.75 Å². The Hall–Kier alpha value is -2.88. The van der Waals surface area contributed by atoms with E-state index in [1.54, 1.807) is 24.4 Å². The molecule has 0 unspecified atom stereocenters. The zero-order valence-electron chi connectivity index (χ0n) is 10.5. The van der Waals surface area contributed by atoms with Gasteiger partial charge >= 0.3 is 5.63 Å². The summed E-state index contributed by atoms with van der Waals surface area (Å²) in [5.41, 5.74) is 1.03. The van der Waals surface area contributed by atoms with Gasteiger partial charge in [0.2, 0.25) is 0 Å². The van der Waals surface area contributed by atoms with Crippen molar-refractivity contribution in [2.75, 3.05) is 0 Å². The zero-order chi connectivity index (χ0) is 13.8. The average Bonchev–Trinajstić information content (AvgIpc) is 2.48. The maximum absolute atomic E-state index is 11.2. The van der Waals surface area contributed by atoms with Crippen LogP contribution in [-0.2, 0) is 0 Å². The quantitative estimate of drug-likeness (QED) is 0.415. The Labute approximate surface area is 114 Å². The lowest BCUT2D eigenvalue weighted by Crippen LogP contribution is -1.94. The molecule has 0 aliphatic rings. The summed E-state index contributed by atoms with van der Waals surface area (Å²) < 4.78 is 5.08. The van der Waals surface area contributed by atoms with Gasteiger partial charge in [-0.3, -0.25) is 0 Å². The van der Waals surface area contributed by atoms with Crippen LogP contribution in [0.25, 0.3) is 11.0 Å². The van der Waals surface area contributed by atoms with Crippen molar-refractivity contribution in [3.63, 3.8) is 0 Å². The third kappa shape index (κ3) is 2.75. The first-order chi connectivity index (χ1) is 9.81. The molecule has 1 aromatic heterocycles. The van der Waals surface area contributed by atoms with Gasteiger partial charge in [-0.05, 0) is 23.8 Å². The maximum atomic E-state index is 11.2. The minimum atomic E-state index is -0.387. The Balaban J connectivity index is 1.81. The van der Waals surface area contributed by atoms with E-state index in [1.807, 2.05) is 36.4 Å².